The van der Waals surface area contributed by atoms with Crippen molar-refractivity contribution in [1.82, 2.24) is 0 Å². The minimum Gasteiger partial charge on any atom is -0.380 e. The van der Waals surface area contributed by atoms with Crippen LogP contribution in [0.2, 0.25) is 0 Å². The van der Waals surface area contributed by atoms with Crippen LogP contribution >= 0.6 is 0 Å². The standard InChI is InChI=1S/C18H18O4/c1-21-11-14-9-6-10-15(16(14)12-22-2)18(20)17(19)13-7-4-3-5-8-13/h3-10H,11-12H2,1-2H3. The van der Waals surface area contributed by atoms with Gasteiger partial charge in [0.25, 0.3) is 0 Å². The van der Waals surface area contributed by atoms with Gasteiger partial charge in [0.2, 0.25) is 11.6 Å². The zero-order valence-electron chi connectivity index (χ0n) is 12.7. The molecule has 0 aliphatic rings. The molecule has 0 saturated carbocycles. The van der Waals surface area contributed by atoms with Crippen molar-refractivity contribution in [2.75, 3.05) is 14.2 Å². The lowest BCUT2D eigenvalue weighted by molar-refractivity contribution is 0.0814. The van der Waals surface area contributed by atoms with Crippen LogP contribution in [0, 0.1) is 0 Å². The Labute approximate surface area is 129 Å². The van der Waals surface area contributed by atoms with Gasteiger partial charge in [-0.25, -0.2) is 0 Å². The van der Waals surface area contributed by atoms with Crippen LogP contribution in [-0.2, 0) is 22.7 Å². The summed E-state index contributed by atoms with van der Waals surface area (Å²) < 4.78 is 10.3. The van der Waals surface area contributed by atoms with E-state index >= 15 is 0 Å². The molecule has 2 aromatic carbocycles. The van der Waals surface area contributed by atoms with Crippen LogP contribution in [0.4, 0.5) is 0 Å². The van der Waals surface area contributed by atoms with Gasteiger partial charge in [0.15, 0.2) is 0 Å². The second kappa shape index (κ2) is 7.64. The molecule has 0 bridgehead atoms. The van der Waals surface area contributed by atoms with E-state index in [1.165, 1.54) is 0 Å². The summed E-state index contributed by atoms with van der Waals surface area (Å²) in [7, 11) is 3.14. The first-order valence-electron chi connectivity index (χ1n) is 6.91. The molecule has 22 heavy (non-hydrogen) atoms. The van der Waals surface area contributed by atoms with Gasteiger partial charge in [-0.15, -0.1) is 0 Å². The van der Waals surface area contributed by atoms with Crippen molar-refractivity contribution < 1.29 is 19.1 Å². The van der Waals surface area contributed by atoms with Gasteiger partial charge in [-0.05, 0) is 11.1 Å². The number of carbonyl (C=O) groups excluding carboxylic acids is 2. The highest BCUT2D eigenvalue weighted by Gasteiger charge is 2.22. The molecule has 0 aromatic heterocycles. The topological polar surface area (TPSA) is 52.6 Å². The number of hydrogen-bond donors (Lipinski definition) is 0. The van der Waals surface area contributed by atoms with Crippen molar-refractivity contribution in [2.24, 2.45) is 0 Å². The predicted octanol–water partition coefficient (Wildman–Crippen LogP) is 3.05. The summed E-state index contributed by atoms with van der Waals surface area (Å²) in [5.74, 6) is -1.05. The molecule has 0 radical (unpaired) electrons. The van der Waals surface area contributed by atoms with Crippen molar-refractivity contribution in [3.05, 3.63) is 70.8 Å². The summed E-state index contributed by atoms with van der Waals surface area (Å²) in [4.78, 5) is 24.9. The van der Waals surface area contributed by atoms with Gasteiger partial charge in [0.05, 0.1) is 13.2 Å². The molecule has 4 heteroatoms. The van der Waals surface area contributed by atoms with Crippen LogP contribution in [-0.4, -0.2) is 25.8 Å². The van der Waals surface area contributed by atoms with E-state index in [2.05, 4.69) is 0 Å². The monoisotopic (exact) mass is 298 g/mol. The Morgan fingerprint density at radius 2 is 1.50 bits per heavy atom. The van der Waals surface area contributed by atoms with Gasteiger partial charge >= 0.3 is 0 Å². The zero-order chi connectivity index (χ0) is 15.9. The fourth-order valence-electron chi connectivity index (χ4n) is 2.30. The number of ketones is 2. The highest BCUT2D eigenvalue weighted by Crippen LogP contribution is 2.19. The van der Waals surface area contributed by atoms with Gasteiger partial charge in [0, 0.05) is 25.3 Å². The van der Waals surface area contributed by atoms with Crippen molar-refractivity contribution >= 4 is 11.6 Å². The summed E-state index contributed by atoms with van der Waals surface area (Å²) in [6, 6.07) is 13.8. The molecule has 0 aliphatic carbocycles. The molecular formula is C18H18O4. The number of carbonyl (C=O) groups is 2. The number of methoxy groups -OCH3 is 2. The maximum absolute atomic E-state index is 12.6. The summed E-state index contributed by atoms with van der Waals surface area (Å²) in [5, 5.41) is 0. The molecule has 0 spiro atoms. The van der Waals surface area contributed by atoms with E-state index in [1.807, 2.05) is 6.07 Å². The number of hydrogen-bond acceptors (Lipinski definition) is 4. The Balaban J connectivity index is 2.40. The second-order valence-corrected chi connectivity index (χ2v) is 4.83. The van der Waals surface area contributed by atoms with Crippen LogP contribution < -0.4 is 0 Å². The van der Waals surface area contributed by atoms with Gasteiger partial charge in [-0.1, -0.05) is 48.5 Å². The normalized spacial score (nSPS) is 10.5. The molecular weight excluding hydrogens is 280 g/mol. The van der Waals surface area contributed by atoms with Gasteiger partial charge in [-0.2, -0.15) is 0 Å². The van der Waals surface area contributed by atoms with Crippen LogP contribution in [0.5, 0.6) is 0 Å². The summed E-state index contributed by atoms with van der Waals surface area (Å²) in [5.41, 5.74) is 2.29. The van der Waals surface area contributed by atoms with E-state index in [-0.39, 0.29) is 6.61 Å². The molecule has 0 aliphatic heterocycles. The van der Waals surface area contributed by atoms with E-state index in [4.69, 9.17) is 9.47 Å². The van der Waals surface area contributed by atoms with Crippen molar-refractivity contribution in [2.45, 2.75) is 13.2 Å². The van der Waals surface area contributed by atoms with E-state index in [9.17, 15) is 9.59 Å². The predicted molar refractivity (Wildman–Crippen MR) is 83.0 cm³/mol. The average molecular weight is 298 g/mol. The Morgan fingerprint density at radius 1 is 0.818 bits per heavy atom. The third-order valence-corrected chi connectivity index (χ3v) is 3.35. The summed E-state index contributed by atoms with van der Waals surface area (Å²) in [6.07, 6.45) is 0. The number of rotatable bonds is 7. The van der Waals surface area contributed by atoms with Crippen molar-refractivity contribution in [3.8, 4) is 0 Å². The number of Topliss-reactive ketones (excluding diaryl/α,β-unsaturated/α-hetero) is 2. The molecule has 0 atom stereocenters. The first kappa shape index (κ1) is 16.1. The molecule has 0 amide bonds. The fraction of sp³-hybridized carbons (Fsp3) is 0.222. The van der Waals surface area contributed by atoms with Crippen molar-refractivity contribution in [3.63, 3.8) is 0 Å². The van der Waals surface area contributed by atoms with Crippen LogP contribution in [0.15, 0.2) is 48.5 Å². The van der Waals surface area contributed by atoms with Crippen LogP contribution in [0.1, 0.15) is 31.8 Å². The SMILES string of the molecule is COCc1cccc(C(=O)C(=O)c2ccccc2)c1COC. The molecule has 0 fully saturated rings. The van der Waals surface area contributed by atoms with E-state index < -0.39 is 11.6 Å². The number of ether oxygens (including phenoxy) is 2. The third-order valence-electron chi connectivity index (χ3n) is 3.35. The van der Waals surface area contributed by atoms with Gasteiger partial charge < -0.3 is 9.47 Å². The fourth-order valence-corrected chi connectivity index (χ4v) is 2.30. The molecule has 2 rings (SSSR count). The maximum Gasteiger partial charge on any atom is 0.233 e. The van der Waals surface area contributed by atoms with E-state index in [0.717, 1.165) is 5.56 Å². The van der Waals surface area contributed by atoms with Gasteiger partial charge in [0.1, 0.15) is 0 Å². The highest BCUT2D eigenvalue weighted by atomic mass is 16.5. The molecule has 2 aromatic rings. The molecule has 4 nitrogen and oxygen atoms in total. The first-order valence-corrected chi connectivity index (χ1v) is 6.91. The largest absolute Gasteiger partial charge is 0.380 e. The van der Waals surface area contributed by atoms with E-state index in [0.29, 0.717) is 23.3 Å². The van der Waals surface area contributed by atoms with E-state index in [1.54, 1.807) is 56.7 Å². The summed E-state index contributed by atoms with van der Waals surface area (Å²) >= 11 is 0. The lowest BCUT2D eigenvalue weighted by Gasteiger charge is -2.13. The lowest BCUT2D eigenvalue weighted by atomic mass is 9.94. The zero-order valence-corrected chi connectivity index (χ0v) is 12.7. The first-order chi connectivity index (χ1) is 10.7. The maximum atomic E-state index is 12.6. The average Bonchev–Trinajstić information content (AvgIpc) is 2.56. The Morgan fingerprint density at radius 3 is 2.14 bits per heavy atom. The molecule has 0 heterocycles. The van der Waals surface area contributed by atoms with Crippen LogP contribution in [0.25, 0.3) is 0 Å². The lowest BCUT2D eigenvalue weighted by Crippen LogP contribution is -2.17. The molecule has 0 unspecified atom stereocenters. The Hall–Kier alpha value is -2.30. The second-order valence-electron chi connectivity index (χ2n) is 4.83. The Kier molecular flexibility index (Phi) is 5.58. The van der Waals surface area contributed by atoms with Crippen molar-refractivity contribution in [1.29, 1.82) is 0 Å². The molecule has 0 saturated heterocycles. The number of benzene rings is 2. The smallest absolute Gasteiger partial charge is 0.233 e. The van der Waals surface area contributed by atoms with Crippen LogP contribution in [0.3, 0.4) is 0 Å². The molecule has 0 N–H and O–H groups in total. The summed E-state index contributed by atoms with van der Waals surface area (Å²) in [6.45, 7) is 0.613. The quantitative estimate of drug-likeness (QED) is 0.582. The Bertz CT molecular complexity index is 662. The highest BCUT2D eigenvalue weighted by molar-refractivity contribution is 6.49. The minimum absolute atomic E-state index is 0.253. The minimum atomic E-state index is -0.531. The van der Waals surface area contributed by atoms with Gasteiger partial charge in [-0.3, -0.25) is 9.59 Å². The third kappa shape index (κ3) is 3.47. The molecule has 114 valence electrons.